The molecule has 0 radical (unpaired) electrons. The number of ether oxygens (including phenoxy) is 1. The predicted molar refractivity (Wildman–Crippen MR) is 44.2 cm³/mol. The van der Waals surface area contributed by atoms with E-state index in [1.807, 2.05) is 0 Å². The summed E-state index contributed by atoms with van der Waals surface area (Å²) in [6, 6.07) is 0. The quantitative estimate of drug-likeness (QED) is 0.574. The maximum atomic E-state index is 11.2. The maximum absolute atomic E-state index is 11.2. The molecule has 0 rings (SSSR count). The molecule has 62 valence electrons. The molecular weight excluding hydrogens is 140 g/mol. The zero-order chi connectivity index (χ0) is 8.91. The SMILES string of the molecule is CC#CCC(=O)C(C)(C)OC. The molecule has 0 aliphatic carbocycles. The molecule has 0 aromatic rings. The molecule has 0 fully saturated rings. The fraction of sp³-hybridized carbons (Fsp3) is 0.667. The molecule has 0 spiro atoms. The highest BCUT2D eigenvalue weighted by Crippen LogP contribution is 2.10. The summed E-state index contributed by atoms with van der Waals surface area (Å²) in [7, 11) is 1.53. The van der Waals surface area contributed by atoms with Gasteiger partial charge < -0.3 is 4.74 Å². The normalized spacial score (nSPS) is 10.2. The van der Waals surface area contributed by atoms with Crippen LogP contribution in [0.5, 0.6) is 0 Å². The van der Waals surface area contributed by atoms with Crippen LogP contribution in [0.3, 0.4) is 0 Å². The largest absolute Gasteiger partial charge is 0.371 e. The summed E-state index contributed by atoms with van der Waals surface area (Å²) < 4.78 is 4.98. The van der Waals surface area contributed by atoms with Crippen LogP contribution in [-0.2, 0) is 9.53 Å². The summed E-state index contributed by atoms with van der Waals surface area (Å²) in [6.45, 7) is 5.20. The van der Waals surface area contributed by atoms with Crippen LogP contribution in [0.1, 0.15) is 27.2 Å². The Morgan fingerprint density at radius 1 is 1.55 bits per heavy atom. The van der Waals surface area contributed by atoms with Crippen molar-refractivity contribution in [2.24, 2.45) is 0 Å². The predicted octanol–water partition coefficient (Wildman–Crippen LogP) is 1.39. The van der Waals surface area contributed by atoms with Crippen molar-refractivity contribution in [2.75, 3.05) is 7.11 Å². The zero-order valence-electron chi connectivity index (χ0n) is 7.52. The van der Waals surface area contributed by atoms with Gasteiger partial charge in [-0.05, 0) is 20.8 Å². The van der Waals surface area contributed by atoms with Crippen molar-refractivity contribution in [3.63, 3.8) is 0 Å². The van der Waals surface area contributed by atoms with Crippen LogP contribution < -0.4 is 0 Å². The van der Waals surface area contributed by atoms with Crippen LogP contribution in [-0.4, -0.2) is 18.5 Å². The first-order chi connectivity index (χ1) is 5.04. The molecule has 0 atom stereocenters. The Kier molecular flexibility index (Phi) is 3.84. The van der Waals surface area contributed by atoms with Crippen molar-refractivity contribution in [1.82, 2.24) is 0 Å². The van der Waals surface area contributed by atoms with Gasteiger partial charge in [0.15, 0.2) is 5.78 Å². The van der Waals surface area contributed by atoms with Crippen molar-refractivity contribution in [2.45, 2.75) is 32.8 Å². The Labute approximate surface area is 67.9 Å². The Balaban J connectivity index is 4.09. The van der Waals surface area contributed by atoms with E-state index < -0.39 is 5.60 Å². The van der Waals surface area contributed by atoms with E-state index in [2.05, 4.69) is 11.8 Å². The molecule has 2 heteroatoms. The van der Waals surface area contributed by atoms with Gasteiger partial charge in [-0.2, -0.15) is 0 Å². The zero-order valence-corrected chi connectivity index (χ0v) is 7.52. The van der Waals surface area contributed by atoms with E-state index in [1.165, 1.54) is 7.11 Å². The topological polar surface area (TPSA) is 26.3 Å². The second-order valence-electron chi connectivity index (χ2n) is 2.74. The maximum Gasteiger partial charge on any atom is 0.175 e. The third-order valence-corrected chi connectivity index (χ3v) is 1.61. The molecule has 2 nitrogen and oxygen atoms in total. The molecule has 0 aliphatic rings. The second kappa shape index (κ2) is 4.15. The average Bonchev–Trinajstić information content (AvgIpc) is 2.00. The molecule has 0 aliphatic heterocycles. The highest BCUT2D eigenvalue weighted by Gasteiger charge is 2.25. The fourth-order valence-corrected chi connectivity index (χ4v) is 0.495. The van der Waals surface area contributed by atoms with Crippen LogP contribution in [0, 0.1) is 11.8 Å². The van der Waals surface area contributed by atoms with Crippen molar-refractivity contribution in [3.05, 3.63) is 0 Å². The van der Waals surface area contributed by atoms with E-state index in [0.717, 1.165) is 0 Å². The number of Topliss-reactive ketones (excluding diaryl/α,β-unsaturated/α-hetero) is 1. The third kappa shape index (κ3) is 3.20. The first-order valence-corrected chi connectivity index (χ1v) is 3.52. The monoisotopic (exact) mass is 154 g/mol. The van der Waals surface area contributed by atoms with Gasteiger partial charge in [-0.25, -0.2) is 0 Å². The van der Waals surface area contributed by atoms with Gasteiger partial charge in [0, 0.05) is 7.11 Å². The second-order valence-corrected chi connectivity index (χ2v) is 2.74. The van der Waals surface area contributed by atoms with E-state index in [0.29, 0.717) is 0 Å². The summed E-state index contributed by atoms with van der Waals surface area (Å²) in [4.78, 5) is 11.2. The number of carbonyl (C=O) groups excluding carboxylic acids is 1. The van der Waals surface area contributed by atoms with Gasteiger partial charge >= 0.3 is 0 Å². The lowest BCUT2D eigenvalue weighted by Crippen LogP contribution is -2.33. The number of carbonyl (C=O) groups is 1. The average molecular weight is 154 g/mol. The molecule has 0 N–H and O–H groups in total. The lowest BCUT2D eigenvalue weighted by molar-refractivity contribution is -0.136. The van der Waals surface area contributed by atoms with Crippen LogP contribution in [0.4, 0.5) is 0 Å². The molecular formula is C9H14O2. The highest BCUT2D eigenvalue weighted by molar-refractivity contribution is 5.88. The smallest absolute Gasteiger partial charge is 0.175 e. The summed E-state index contributed by atoms with van der Waals surface area (Å²) in [5, 5.41) is 0. The first kappa shape index (κ1) is 10.2. The van der Waals surface area contributed by atoms with Crippen molar-refractivity contribution < 1.29 is 9.53 Å². The first-order valence-electron chi connectivity index (χ1n) is 3.52. The minimum atomic E-state index is -0.691. The number of hydrogen-bond donors (Lipinski definition) is 0. The van der Waals surface area contributed by atoms with E-state index >= 15 is 0 Å². The fourth-order valence-electron chi connectivity index (χ4n) is 0.495. The summed E-state index contributed by atoms with van der Waals surface area (Å²) in [5.74, 6) is 5.40. The van der Waals surface area contributed by atoms with Gasteiger partial charge in [0.1, 0.15) is 5.60 Å². The molecule has 0 saturated carbocycles. The van der Waals surface area contributed by atoms with Crippen molar-refractivity contribution in [1.29, 1.82) is 0 Å². The molecule has 11 heavy (non-hydrogen) atoms. The van der Waals surface area contributed by atoms with E-state index in [4.69, 9.17) is 4.74 Å². The summed E-state index contributed by atoms with van der Waals surface area (Å²) >= 11 is 0. The molecule has 0 saturated heterocycles. The van der Waals surface area contributed by atoms with Crippen LogP contribution in [0.2, 0.25) is 0 Å². The van der Waals surface area contributed by atoms with Gasteiger partial charge in [0.25, 0.3) is 0 Å². The minimum Gasteiger partial charge on any atom is -0.371 e. The summed E-state index contributed by atoms with van der Waals surface area (Å²) in [5.41, 5.74) is -0.691. The molecule has 0 heterocycles. The van der Waals surface area contributed by atoms with E-state index in [1.54, 1.807) is 20.8 Å². The number of rotatable bonds is 3. The number of methoxy groups -OCH3 is 1. The van der Waals surface area contributed by atoms with E-state index in [-0.39, 0.29) is 12.2 Å². The molecule has 0 aromatic heterocycles. The van der Waals surface area contributed by atoms with Crippen LogP contribution in [0.25, 0.3) is 0 Å². The van der Waals surface area contributed by atoms with Crippen LogP contribution in [0.15, 0.2) is 0 Å². The highest BCUT2D eigenvalue weighted by atomic mass is 16.5. The molecule has 0 bridgehead atoms. The Morgan fingerprint density at radius 3 is 2.45 bits per heavy atom. The van der Waals surface area contributed by atoms with Gasteiger partial charge in [0.2, 0.25) is 0 Å². The van der Waals surface area contributed by atoms with Gasteiger partial charge in [-0.1, -0.05) is 5.92 Å². The summed E-state index contributed by atoms with van der Waals surface area (Å²) in [6.07, 6.45) is 0.275. The molecule has 0 amide bonds. The molecule has 0 unspecified atom stereocenters. The Hall–Kier alpha value is -0.810. The third-order valence-electron chi connectivity index (χ3n) is 1.61. The van der Waals surface area contributed by atoms with Crippen LogP contribution >= 0.6 is 0 Å². The van der Waals surface area contributed by atoms with Gasteiger partial charge in [-0.15, -0.1) is 5.92 Å². The Morgan fingerprint density at radius 2 is 2.09 bits per heavy atom. The van der Waals surface area contributed by atoms with Gasteiger partial charge in [0.05, 0.1) is 6.42 Å². The standard InChI is InChI=1S/C9H14O2/c1-5-6-7-8(10)9(2,3)11-4/h7H2,1-4H3. The number of hydrogen-bond acceptors (Lipinski definition) is 2. The van der Waals surface area contributed by atoms with Crippen molar-refractivity contribution >= 4 is 5.78 Å². The van der Waals surface area contributed by atoms with Gasteiger partial charge in [-0.3, -0.25) is 4.79 Å². The molecule has 0 aromatic carbocycles. The number of ketones is 1. The van der Waals surface area contributed by atoms with E-state index in [9.17, 15) is 4.79 Å². The Bertz CT molecular complexity index is 193. The lowest BCUT2D eigenvalue weighted by atomic mass is 10.0. The lowest BCUT2D eigenvalue weighted by Gasteiger charge is -2.19. The minimum absolute atomic E-state index is 0.0225. The van der Waals surface area contributed by atoms with Crippen molar-refractivity contribution in [3.8, 4) is 11.8 Å².